The molecule has 2 unspecified atom stereocenters. The van der Waals surface area contributed by atoms with E-state index in [-0.39, 0.29) is 23.8 Å². The Morgan fingerprint density at radius 2 is 1.86 bits per heavy atom. The summed E-state index contributed by atoms with van der Waals surface area (Å²) in [4.78, 5) is 23.9. The zero-order chi connectivity index (χ0) is 15.8. The van der Waals surface area contributed by atoms with Crippen LogP contribution in [0.25, 0.3) is 0 Å². The number of carbonyl (C=O) groups is 2. The minimum absolute atomic E-state index is 0.0731. The average molecular weight is 291 g/mol. The van der Waals surface area contributed by atoms with Crippen molar-refractivity contribution in [2.75, 3.05) is 12.4 Å². The summed E-state index contributed by atoms with van der Waals surface area (Å²) in [6, 6.07) is 7.15. The van der Waals surface area contributed by atoms with Gasteiger partial charge in [0.1, 0.15) is 0 Å². The van der Waals surface area contributed by atoms with Crippen molar-refractivity contribution in [1.82, 2.24) is 5.32 Å². The Labute approximate surface area is 126 Å². The first-order chi connectivity index (χ1) is 9.95. The zero-order valence-corrected chi connectivity index (χ0v) is 13.0. The van der Waals surface area contributed by atoms with Crippen LogP contribution in [-0.2, 0) is 4.79 Å². The van der Waals surface area contributed by atoms with Crippen molar-refractivity contribution in [1.29, 1.82) is 0 Å². The van der Waals surface area contributed by atoms with E-state index in [1.54, 1.807) is 31.3 Å². The number of para-hydroxylation sites is 1. The van der Waals surface area contributed by atoms with Crippen LogP contribution < -0.4 is 16.4 Å². The lowest BCUT2D eigenvalue weighted by atomic mass is 10.0. The first-order valence-corrected chi connectivity index (χ1v) is 7.33. The molecule has 0 aliphatic rings. The highest BCUT2D eigenvalue weighted by Gasteiger charge is 2.16. The third kappa shape index (κ3) is 5.55. The van der Waals surface area contributed by atoms with Crippen LogP contribution in [0, 0.1) is 5.92 Å². The van der Waals surface area contributed by atoms with E-state index >= 15 is 0 Å². The normalized spacial score (nSPS) is 13.3. The molecule has 2 atom stereocenters. The fourth-order valence-electron chi connectivity index (χ4n) is 2.06. The molecule has 0 saturated carbocycles. The molecule has 0 radical (unpaired) electrons. The molecule has 0 saturated heterocycles. The molecule has 1 rings (SSSR count). The molecule has 116 valence electrons. The molecule has 1 aromatic carbocycles. The number of nitrogens with two attached hydrogens (primary N) is 1. The minimum atomic E-state index is -0.212. The highest BCUT2D eigenvalue weighted by molar-refractivity contribution is 6.03. The SMILES string of the molecule is CNC(=O)c1ccccc1NC(=O)C(C)CCCC(C)N. The van der Waals surface area contributed by atoms with Crippen LogP contribution in [0.1, 0.15) is 43.5 Å². The highest BCUT2D eigenvalue weighted by Crippen LogP contribution is 2.17. The first kappa shape index (κ1) is 17.2. The molecule has 0 aliphatic heterocycles. The van der Waals surface area contributed by atoms with Crippen LogP contribution in [0.3, 0.4) is 0 Å². The van der Waals surface area contributed by atoms with Gasteiger partial charge in [-0.1, -0.05) is 25.5 Å². The molecule has 0 heterocycles. The molecule has 0 aliphatic carbocycles. The van der Waals surface area contributed by atoms with Gasteiger partial charge >= 0.3 is 0 Å². The summed E-state index contributed by atoms with van der Waals surface area (Å²) in [6.07, 6.45) is 2.62. The van der Waals surface area contributed by atoms with Gasteiger partial charge in [-0.25, -0.2) is 0 Å². The van der Waals surface area contributed by atoms with E-state index in [9.17, 15) is 9.59 Å². The molecule has 21 heavy (non-hydrogen) atoms. The average Bonchev–Trinajstić information content (AvgIpc) is 2.46. The third-order valence-corrected chi connectivity index (χ3v) is 3.40. The fraction of sp³-hybridized carbons (Fsp3) is 0.500. The van der Waals surface area contributed by atoms with E-state index < -0.39 is 0 Å². The number of amides is 2. The predicted molar refractivity (Wildman–Crippen MR) is 85.1 cm³/mol. The summed E-state index contributed by atoms with van der Waals surface area (Å²) in [5, 5.41) is 5.40. The Kier molecular flexibility index (Phi) is 6.88. The topological polar surface area (TPSA) is 84.2 Å². The van der Waals surface area contributed by atoms with Gasteiger partial charge in [0, 0.05) is 19.0 Å². The van der Waals surface area contributed by atoms with E-state index in [4.69, 9.17) is 5.73 Å². The van der Waals surface area contributed by atoms with Gasteiger partial charge in [0.2, 0.25) is 5.91 Å². The molecule has 2 amide bonds. The zero-order valence-electron chi connectivity index (χ0n) is 13.0. The molecule has 0 fully saturated rings. The van der Waals surface area contributed by atoms with Gasteiger partial charge in [0.25, 0.3) is 5.91 Å². The number of nitrogens with one attached hydrogen (secondary N) is 2. The van der Waals surface area contributed by atoms with Crippen molar-refractivity contribution >= 4 is 17.5 Å². The Bertz CT molecular complexity index is 486. The molecule has 0 spiro atoms. The molecule has 0 aromatic heterocycles. The van der Waals surface area contributed by atoms with E-state index in [2.05, 4.69) is 10.6 Å². The van der Waals surface area contributed by atoms with Crippen LogP contribution in [0.4, 0.5) is 5.69 Å². The summed E-state index contributed by atoms with van der Waals surface area (Å²) in [6.45, 7) is 3.85. The standard InChI is InChI=1S/C16H25N3O2/c1-11(7-6-8-12(2)17)15(20)19-14-10-5-4-9-13(14)16(21)18-3/h4-5,9-12H,6-8,17H2,1-3H3,(H,18,21)(H,19,20). The second-order valence-electron chi connectivity index (χ2n) is 5.42. The van der Waals surface area contributed by atoms with Gasteiger partial charge in [-0.3, -0.25) is 9.59 Å². The summed E-state index contributed by atoms with van der Waals surface area (Å²) >= 11 is 0. The largest absolute Gasteiger partial charge is 0.355 e. The monoisotopic (exact) mass is 291 g/mol. The summed E-state index contributed by atoms with van der Waals surface area (Å²) in [7, 11) is 1.57. The smallest absolute Gasteiger partial charge is 0.253 e. The predicted octanol–water partition coefficient (Wildman–Crippen LogP) is 2.14. The van der Waals surface area contributed by atoms with Crippen LogP contribution >= 0.6 is 0 Å². The Balaban J connectivity index is 2.64. The summed E-state index contributed by atoms with van der Waals surface area (Å²) < 4.78 is 0. The first-order valence-electron chi connectivity index (χ1n) is 7.33. The van der Waals surface area contributed by atoms with E-state index in [1.807, 2.05) is 13.8 Å². The second-order valence-corrected chi connectivity index (χ2v) is 5.42. The van der Waals surface area contributed by atoms with E-state index in [0.717, 1.165) is 19.3 Å². The van der Waals surface area contributed by atoms with Gasteiger partial charge < -0.3 is 16.4 Å². The second kappa shape index (κ2) is 8.42. The van der Waals surface area contributed by atoms with Crippen molar-refractivity contribution in [3.05, 3.63) is 29.8 Å². The lowest BCUT2D eigenvalue weighted by Gasteiger charge is -2.15. The number of anilines is 1. The van der Waals surface area contributed by atoms with Crippen molar-refractivity contribution in [3.8, 4) is 0 Å². The maximum atomic E-state index is 12.2. The van der Waals surface area contributed by atoms with Gasteiger partial charge in [-0.05, 0) is 31.9 Å². The summed E-state index contributed by atoms with van der Waals surface area (Å²) in [5.41, 5.74) is 6.71. The van der Waals surface area contributed by atoms with Crippen LogP contribution in [0.15, 0.2) is 24.3 Å². The number of hydrogen-bond acceptors (Lipinski definition) is 3. The molecular weight excluding hydrogens is 266 g/mol. The van der Waals surface area contributed by atoms with Crippen LogP contribution in [-0.4, -0.2) is 24.9 Å². The maximum Gasteiger partial charge on any atom is 0.253 e. The number of benzene rings is 1. The van der Waals surface area contributed by atoms with Gasteiger partial charge in [0.05, 0.1) is 11.3 Å². The quantitative estimate of drug-likeness (QED) is 0.719. The number of carbonyl (C=O) groups excluding carboxylic acids is 2. The van der Waals surface area contributed by atoms with E-state index in [1.165, 1.54) is 0 Å². The minimum Gasteiger partial charge on any atom is -0.355 e. The Morgan fingerprint density at radius 3 is 2.48 bits per heavy atom. The Hall–Kier alpha value is -1.88. The van der Waals surface area contributed by atoms with Crippen LogP contribution in [0.2, 0.25) is 0 Å². The molecule has 5 nitrogen and oxygen atoms in total. The van der Waals surface area contributed by atoms with Crippen molar-refractivity contribution in [2.24, 2.45) is 11.7 Å². The summed E-state index contributed by atoms with van der Waals surface area (Å²) in [5.74, 6) is -0.395. The molecule has 4 N–H and O–H groups in total. The molecule has 0 bridgehead atoms. The van der Waals surface area contributed by atoms with Crippen molar-refractivity contribution in [2.45, 2.75) is 39.2 Å². The van der Waals surface area contributed by atoms with Gasteiger partial charge in [0.15, 0.2) is 0 Å². The lowest BCUT2D eigenvalue weighted by Crippen LogP contribution is -2.24. The lowest BCUT2D eigenvalue weighted by molar-refractivity contribution is -0.119. The van der Waals surface area contributed by atoms with Gasteiger partial charge in [-0.2, -0.15) is 0 Å². The number of hydrogen-bond donors (Lipinski definition) is 3. The van der Waals surface area contributed by atoms with Crippen molar-refractivity contribution in [3.63, 3.8) is 0 Å². The number of rotatable bonds is 7. The molecule has 5 heteroatoms. The van der Waals surface area contributed by atoms with Crippen LogP contribution in [0.5, 0.6) is 0 Å². The molecule has 1 aromatic rings. The fourth-order valence-corrected chi connectivity index (χ4v) is 2.06. The Morgan fingerprint density at radius 1 is 1.19 bits per heavy atom. The van der Waals surface area contributed by atoms with E-state index in [0.29, 0.717) is 11.3 Å². The molecular formula is C16H25N3O2. The third-order valence-electron chi connectivity index (χ3n) is 3.40. The van der Waals surface area contributed by atoms with Crippen molar-refractivity contribution < 1.29 is 9.59 Å². The maximum absolute atomic E-state index is 12.2. The highest BCUT2D eigenvalue weighted by atomic mass is 16.2. The van der Waals surface area contributed by atoms with Gasteiger partial charge in [-0.15, -0.1) is 0 Å².